The van der Waals surface area contributed by atoms with Crippen LogP contribution in [-0.4, -0.2) is 30.2 Å². The molecule has 2 atom stereocenters. The van der Waals surface area contributed by atoms with Crippen LogP contribution in [0, 0.1) is 5.82 Å². The van der Waals surface area contributed by atoms with Gasteiger partial charge in [0.15, 0.2) is 0 Å². The number of rotatable bonds is 2. The van der Waals surface area contributed by atoms with Crippen LogP contribution in [0.4, 0.5) is 4.39 Å². The Bertz CT molecular complexity index is 591. The number of morpholine rings is 1. The van der Waals surface area contributed by atoms with Crippen molar-refractivity contribution in [3.8, 4) is 0 Å². The van der Waals surface area contributed by atoms with Crippen molar-refractivity contribution in [2.75, 3.05) is 13.1 Å². The van der Waals surface area contributed by atoms with E-state index in [2.05, 4.69) is 4.90 Å². The van der Waals surface area contributed by atoms with Gasteiger partial charge in [0.05, 0.1) is 16.3 Å². The molecule has 0 radical (unpaired) electrons. The number of ether oxygens (including phenoxy) is 1. The van der Waals surface area contributed by atoms with E-state index in [4.69, 9.17) is 8.85 Å². The summed E-state index contributed by atoms with van der Waals surface area (Å²) in [5.74, 6) is -0.504. The number of halogens is 1. The topological polar surface area (TPSA) is 12.5 Å². The predicted molar refractivity (Wildman–Crippen MR) is 80.4 cm³/mol. The quantitative estimate of drug-likeness (QED) is 0.819. The van der Waals surface area contributed by atoms with Crippen LogP contribution < -0.4 is 0 Å². The normalized spacial score (nSPS) is 27.0. The summed E-state index contributed by atoms with van der Waals surface area (Å²) < 4.78 is 44.9. The van der Waals surface area contributed by atoms with Gasteiger partial charge < -0.3 is 4.74 Å². The highest BCUT2D eigenvalue weighted by molar-refractivity contribution is 5.31. The molecule has 1 saturated heterocycles. The van der Waals surface area contributed by atoms with Gasteiger partial charge in [0.2, 0.25) is 0 Å². The van der Waals surface area contributed by atoms with E-state index in [1.807, 2.05) is 34.6 Å². The molecular formula is C17H26FNO. The largest absolute Gasteiger partial charge is 0.373 e. The molecule has 1 aromatic carbocycles. The fraction of sp³-hybridized carbons (Fsp3) is 0.647. The van der Waals surface area contributed by atoms with Crippen molar-refractivity contribution < 1.29 is 13.2 Å². The Hall–Kier alpha value is -0.930. The molecule has 112 valence electrons. The Morgan fingerprint density at radius 2 is 1.90 bits per heavy atom. The standard InChI is InChI=1S/C17H26FNO/c1-12-9-19(10-13(2)20-12)11-14-7-6-8-15(16(14)18)17(3,4)5/h6-8,12-13H,9-11H2,1-5H3/i6D,7D,8D. The van der Waals surface area contributed by atoms with Gasteiger partial charge in [-0.1, -0.05) is 38.9 Å². The maximum absolute atomic E-state index is 15.0. The molecule has 1 fully saturated rings. The third kappa shape index (κ3) is 3.58. The van der Waals surface area contributed by atoms with E-state index in [1.54, 1.807) is 0 Å². The van der Waals surface area contributed by atoms with Crippen LogP contribution in [0.1, 0.15) is 49.9 Å². The molecule has 2 rings (SSSR count). The van der Waals surface area contributed by atoms with Gasteiger partial charge in [-0.3, -0.25) is 4.90 Å². The van der Waals surface area contributed by atoms with Gasteiger partial charge in [0.25, 0.3) is 0 Å². The molecule has 0 spiro atoms. The van der Waals surface area contributed by atoms with E-state index < -0.39 is 11.2 Å². The summed E-state index contributed by atoms with van der Waals surface area (Å²) in [6.45, 7) is 11.1. The highest BCUT2D eigenvalue weighted by Gasteiger charge is 2.25. The molecule has 2 nitrogen and oxygen atoms in total. The first-order valence-electron chi connectivity index (χ1n) is 8.68. The van der Waals surface area contributed by atoms with Gasteiger partial charge in [-0.2, -0.15) is 0 Å². The first kappa shape index (κ1) is 11.7. The second kappa shape index (κ2) is 5.82. The molecular weight excluding hydrogens is 253 g/mol. The van der Waals surface area contributed by atoms with Crippen LogP contribution in [0.3, 0.4) is 0 Å². The molecule has 1 heterocycles. The predicted octanol–water partition coefficient (Wildman–Crippen LogP) is 3.73. The molecule has 1 aliphatic heterocycles. The van der Waals surface area contributed by atoms with Crippen LogP contribution in [0.25, 0.3) is 0 Å². The summed E-state index contributed by atoms with van der Waals surface area (Å²) in [6.07, 6.45) is 0.119. The minimum absolute atomic E-state index is 0.0593. The summed E-state index contributed by atoms with van der Waals surface area (Å²) in [5, 5.41) is 0. The van der Waals surface area contributed by atoms with Crippen molar-refractivity contribution in [1.82, 2.24) is 4.90 Å². The highest BCUT2D eigenvalue weighted by atomic mass is 19.1. The lowest BCUT2D eigenvalue weighted by atomic mass is 9.85. The smallest absolute Gasteiger partial charge is 0.131 e. The first-order chi connectivity index (χ1) is 10.5. The van der Waals surface area contributed by atoms with Gasteiger partial charge in [0, 0.05) is 25.2 Å². The maximum Gasteiger partial charge on any atom is 0.131 e. The van der Waals surface area contributed by atoms with Crippen molar-refractivity contribution in [2.24, 2.45) is 0 Å². The molecule has 0 saturated carbocycles. The minimum atomic E-state index is -0.578. The van der Waals surface area contributed by atoms with Crippen LogP contribution in [0.5, 0.6) is 0 Å². The molecule has 0 N–H and O–H groups in total. The molecule has 20 heavy (non-hydrogen) atoms. The zero-order chi connectivity index (χ0) is 17.5. The monoisotopic (exact) mass is 282 g/mol. The fourth-order valence-electron chi connectivity index (χ4n) is 2.69. The molecule has 3 heteroatoms. The molecule has 0 amide bonds. The van der Waals surface area contributed by atoms with E-state index in [9.17, 15) is 0 Å². The second-order valence-electron chi connectivity index (χ2n) is 6.74. The van der Waals surface area contributed by atoms with Gasteiger partial charge >= 0.3 is 0 Å². The first-order valence-corrected chi connectivity index (χ1v) is 7.18. The lowest BCUT2D eigenvalue weighted by Crippen LogP contribution is -2.45. The van der Waals surface area contributed by atoms with Gasteiger partial charge in [-0.05, 0) is 24.8 Å². The molecule has 0 bridgehead atoms. The van der Waals surface area contributed by atoms with E-state index in [0.717, 1.165) is 0 Å². The van der Waals surface area contributed by atoms with Crippen molar-refractivity contribution in [1.29, 1.82) is 0 Å². The average molecular weight is 282 g/mol. The summed E-state index contributed by atoms with van der Waals surface area (Å²) >= 11 is 0. The van der Waals surface area contributed by atoms with Gasteiger partial charge in [0.1, 0.15) is 5.82 Å². The van der Waals surface area contributed by atoms with E-state index in [1.165, 1.54) is 0 Å². The summed E-state index contributed by atoms with van der Waals surface area (Å²) in [6, 6.07) is -0.541. The van der Waals surface area contributed by atoms with Crippen LogP contribution in [-0.2, 0) is 16.7 Å². The number of hydrogen-bond donors (Lipinski definition) is 0. The van der Waals surface area contributed by atoms with Crippen molar-refractivity contribution in [2.45, 2.75) is 58.8 Å². The number of benzene rings is 1. The van der Waals surface area contributed by atoms with Gasteiger partial charge in [-0.25, -0.2) is 4.39 Å². The van der Waals surface area contributed by atoms with Crippen LogP contribution in [0.2, 0.25) is 0 Å². The van der Waals surface area contributed by atoms with Gasteiger partial charge in [-0.15, -0.1) is 0 Å². The Kier molecular flexibility index (Phi) is 3.41. The minimum Gasteiger partial charge on any atom is -0.373 e. The Morgan fingerprint density at radius 3 is 2.45 bits per heavy atom. The maximum atomic E-state index is 15.0. The Labute approximate surface area is 126 Å². The molecule has 0 aromatic heterocycles. The highest BCUT2D eigenvalue weighted by Crippen LogP contribution is 2.27. The third-order valence-electron chi connectivity index (χ3n) is 3.51. The van der Waals surface area contributed by atoms with Crippen LogP contribution in [0.15, 0.2) is 18.1 Å². The van der Waals surface area contributed by atoms with Crippen molar-refractivity contribution >= 4 is 0 Å². The average Bonchev–Trinajstić information content (AvgIpc) is 2.39. The van der Waals surface area contributed by atoms with E-state index in [0.29, 0.717) is 13.1 Å². The van der Waals surface area contributed by atoms with Crippen molar-refractivity contribution in [3.63, 3.8) is 0 Å². The van der Waals surface area contributed by atoms with E-state index >= 15 is 4.39 Å². The van der Waals surface area contributed by atoms with Crippen LogP contribution >= 0.6 is 0 Å². The van der Waals surface area contributed by atoms with E-state index in [-0.39, 0.29) is 48.0 Å². The zero-order valence-electron chi connectivity index (χ0n) is 16.0. The Morgan fingerprint density at radius 1 is 1.30 bits per heavy atom. The molecule has 2 unspecified atom stereocenters. The SMILES string of the molecule is [2H]c1c([2H])c(CN2CC(C)OC(C)C2)c(F)c(C(C)(C)C)c1[2H]. The second-order valence-corrected chi connectivity index (χ2v) is 6.74. The lowest BCUT2D eigenvalue weighted by molar-refractivity contribution is -0.0707. The Balaban J connectivity index is 2.44. The molecule has 1 aromatic rings. The fourth-order valence-corrected chi connectivity index (χ4v) is 2.69. The lowest BCUT2D eigenvalue weighted by Gasteiger charge is -2.35. The molecule has 1 aliphatic rings. The molecule has 0 aliphatic carbocycles. The third-order valence-corrected chi connectivity index (χ3v) is 3.51. The summed E-state index contributed by atoms with van der Waals surface area (Å²) in [7, 11) is 0. The zero-order valence-corrected chi connectivity index (χ0v) is 13.0. The number of hydrogen-bond acceptors (Lipinski definition) is 2. The van der Waals surface area contributed by atoms with Crippen molar-refractivity contribution in [3.05, 3.63) is 35.1 Å². The summed E-state index contributed by atoms with van der Waals surface area (Å²) in [5.41, 5.74) is -0.134. The number of nitrogens with zero attached hydrogens (tertiary/aromatic N) is 1. The summed E-state index contributed by atoms with van der Waals surface area (Å²) in [4.78, 5) is 2.06.